The number of hydrogen-bond donors (Lipinski definition) is 2. The maximum Gasteiger partial charge on any atom is 0.408 e. The molecule has 1 fully saturated rings. The van der Waals surface area contributed by atoms with Crippen LogP contribution < -0.4 is 10.1 Å². The number of benzene rings is 2. The summed E-state index contributed by atoms with van der Waals surface area (Å²) < 4.78 is 11.7. The summed E-state index contributed by atoms with van der Waals surface area (Å²) in [5.74, 6) is -1.12. The fraction of sp³-hybridized carbons (Fsp3) is 0.394. The SMILES string of the molecule is CC(C)(C)OC(=O)NC(C(=O)N1C[C@H](Oc2cc(-c3ccccc3)nc(-c3ccccc3)c2)C[C@H]1C(=O)O)C(C)(C)C. The second-order valence-electron chi connectivity index (χ2n) is 12.6. The van der Waals surface area contributed by atoms with Crippen molar-refractivity contribution in [3.63, 3.8) is 0 Å². The smallest absolute Gasteiger partial charge is 0.408 e. The Labute approximate surface area is 246 Å². The van der Waals surface area contributed by atoms with E-state index in [0.717, 1.165) is 11.1 Å². The molecule has 2 heterocycles. The Morgan fingerprint density at radius 3 is 1.88 bits per heavy atom. The van der Waals surface area contributed by atoms with E-state index in [2.05, 4.69) is 5.32 Å². The maximum atomic E-state index is 13.8. The van der Waals surface area contributed by atoms with Crippen LogP contribution in [0.2, 0.25) is 0 Å². The number of carboxylic acids is 1. The minimum atomic E-state index is -1.14. The Kier molecular flexibility index (Phi) is 8.89. The molecule has 3 atom stereocenters. The van der Waals surface area contributed by atoms with Crippen molar-refractivity contribution >= 4 is 18.0 Å². The first-order valence-corrected chi connectivity index (χ1v) is 14.0. The van der Waals surface area contributed by atoms with E-state index in [1.165, 1.54) is 4.90 Å². The number of carbonyl (C=O) groups excluding carboxylic acids is 2. The monoisotopic (exact) mass is 573 g/mol. The van der Waals surface area contributed by atoms with E-state index in [1.54, 1.807) is 41.5 Å². The summed E-state index contributed by atoms with van der Waals surface area (Å²) in [7, 11) is 0. The zero-order valence-corrected chi connectivity index (χ0v) is 25.0. The molecule has 1 aromatic heterocycles. The van der Waals surface area contributed by atoms with Gasteiger partial charge in [-0.3, -0.25) is 4.79 Å². The van der Waals surface area contributed by atoms with Crippen LogP contribution in [0.15, 0.2) is 72.8 Å². The molecule has 1 aliphatic heterocycles. The van der Waals surface area contributed by atoms with E-state index >= 15 is 0 Å². The topological polar surface area (TPSA) is 118 Å². The lowest BCUT2D eigenvalue weighted by Crippen LogP contribution is -2.57. The predicted octanol–water partition coefficient (Wildman–Crippen LogP) is 5.79. The fourth-order valence-corrected chi connectivity index (χ4v) is 4.88. The lowest BCUT2D eigenvalue weighted by atomic mass is 9.85. The Bertz CT molecular complexity index is 1360. The van der Waals surface area contributed by atoms with E-state index in [-0.39, 0.29) is 13.0 Å². The molecule has 9 heteroatoms. The molecule has 9 nitrogen and oxygen atoms in total. The van der Waals surface area contributed by atoms with Crippen LogP contribution in [0.1, 0.15) is 48.0 Å². The largest absolute Gasteiger partial charge is 0.488 e. The molecule has 0 saturated carbocycles. The number of aromatic nitrogens is 1. The van der Waals surface area contributed by atoms with Gasteiger partial charge in [0.05, 0.1) is 17.9 Å². The van der Waals surface area contributed by atoms with Crippen LogP contribution in [-0.4, -0.2) is 63.3 Å². The molecule has 2 amide bonds. The highest BCUT2D eigenvalue weighted by atomic mass is 16.6. The molecule has 4 rings (SSSR count). The normalized spacial score (nSPS) is 17.8. The molecule has 1 aliphatic rings. The number of hydrogen-bond acceptors (Lipinski definition) is 6. The number of carbonyl (C=O) groups is 3. The van der Waals surface area contributed by atoms with Crippen molar-refractivity contribution in [3.8, 4) is 28.3 Å². The molecule has 0 spiro atoms. The van der Waals surface area contributed by atoms with Gasteiger partial charge in [0.25, 0.3) is 0 Å². The molecule has 0 aliphatic carbocycles. The number of ether oxygens (including phenoxy) is 2. The average Bonchev–Trinajstić information content (AvgIpc) is 3.35. The van der Waals surface area contributed by atoms with Gasteiger partial charge in [0.15, 0.2) is 0 Å². The number of pyridine rings is 1. The van der Waals surface area contributed by atoms with Gasteiger partial charge in [-0.1, -0.05) is 81.4 Å². The molecule has 1 unspecified atom stereocenters. The van der Waals surface area contributed by atoms with Gasteiger partial charge >= 0.3 is 12.1 Å². The van der Waals surface area contributed by atoms with Gasteiger partial charge in [-0.25, -0.2) is 14.6 Å². The summed E-state index contributed by atoms with van der Waals surface area (Å²) in [4.78, 5) is 44.9. The minimum absolute atomic E-state index is 0.0437. The Balaban J connectivity index is 1.61. The molecule has 222 valence electrons. The summed E-state index contributed by atoms with van der Waals surface area (Å²) >= 11 is 0. The molecular formula is C33H39N3O6. The van der Waals surface area contributed by atoms with Gasteiger partial charge in [-0.15, -0.1) is 0 Å². The molecule has 2 N–H and O–H groups in total. The van der Waals surface area contributed by atoms with E-state index in [4.69, 9.17) is 14.5 Å². The van der Waals surface area contributed by atoms with Gasteiger partial charge in [0, 0.05) is 29.7 Å². The lowest BCUT2D eigenvalue weighted by Gasteiger charge is -2.35. The number of nitrogens with zero attached hydrogens (tertiary/aromatic N) is 2. The first-order valence-electron chi connectivity index (χ1n) is 14.0. The lowest BCUT2D eigenvalue weighted by molar-refractivity contribution is -0.150. The van der Waals surface area contributed by atoms with E-state index in [0.29, 0.717) is 17.1 Å². The van der Waals surface area contributed by atoms with Crippen LogP contribution in [0.5, 0.6) is 5.75 Å². The number of amides is 2. The van der Waals surface area contributed by atoms with Gasteiger partial charge in [-0.2, -0.15) is 0 Å². The van der Waals surface area contributed by atoms with Gasteiger partial charge in [-0.05, 0) is 26.2 Å². The second-order valence-corrected chi connectivity index (χ2v) is 12.6. The van der Waals surface area contributed by atoms with Crippen LogP contribution in [0.25, 0.3) is 22.5 Å². The van der Waals surface area contributed by atoms with Crippen molar-refractivity contribution in [2.24, 2.45) is 5.41 Å². The number of carboxylic acid groups (broad SMARTS) is 1. The van der Waals surface area contributed by atoms with Crippen LogP contribution >= 0.6 is 0 Å². The third-order valence-electron chi connectivity index (χ3n) is 6.85. The van der Waals surface area contributed by atoms with Gasteiger partial charge in [0.1, 0.15) is 29.5 Å². The highest BCUT2D eigenvalue weighted by molar-refractivity contribution is 5.90. The minimum Gasteiger partial charge on any atom is -0.488 e. The quantitative estimate of drug-likeness (QED) is 0.367. The van der Waals surface area contributed by atoms with E-state index in [9.17, 15) is 19.5 Å². The molecule has 0 bridgehead atoms. The van der Waals surface area contributed by atoms with Crippen LogP contribution in [0.3, 0.4) is 0 Å². The van der Waals surface area contributed by atoms with Gasteiger partial charge in [0.2, 0.25) is 5.91 Å². The van der Waals surface area contributed by atoms with Crippen molar-refractivity contribution in [1.29, 1.82) is 0 Å². The molecule has 42 heavy (non-hydrogen) atoms. The van der Waals surface area contributed by atoms with Crippen molar-refractivity contribution in [2.75, 3.05) is 6.54 Å². The summed E-state index contributed by atoms with van der Waals surface area (Å²) in [5, 5.41) is 12.7. The third-order valence-corrected chi connectivity index (χ3v) is 6.85. The first-order chi connectivity index (χ1) is 19.7. The molecule has 2 aromatic carbocycles. The van der Waals surface area contributed by atoms with Crippen molar-refractivity contribution in [1.82, 2.24) is 15.2 Å². The average molecular weight is 574 g/mol. The van der Waals surface area contributed by atoms with Crippen molar-refractivity contribution in [3.05, 3.63) is 72.8 Å². The van der Waals surface area contributed by atoms with Crippen molar-refractivity contribution < 1.29 is 29.0 Å². The summed E-state index contributed by atoms with van der Waals surface area (Å²) in [6.45, 7) is 10.7. The predicted molar refractivity (Wildman–Crippen MR) is 160 cm³/mol. The number of alkyl carbamates (subject to hydrolysis) is 1. The van der Waals surface area contributed by atoms with E-state index < -0.39 is 47.2 Å². The highest BCUT2D eigenvalue weighted by Gasteiger charge is 2.46. The second kappa shape index (κ2) is 12.2. The highest BCUT2D eigenvalue weighted by Crippen LogP contribution is 2.32. The van der Waals surface area contributed by atoms with Crippen LogP contribution in [0, 0.1) is 5.41 Å². The van der Waals surface area contributed by atoms with Crippen molar-refractivity contribution in [2.45, 2.75) is 71.8 Å². The fourth-order valence-electron chi connectivity index (χ4n) is 4.88. The molecule has 3 aromatic rings. The number of likely N-dealkylation sites (tertiary alicyclic amines) is 1. The third kappa shape index (κ3) is 7.66. The maximum absolute atomic E-state index is 13.8. The number of nitrogens with one attached hydrogen (secondary N) is 1. The van der Waals surface area contributed by atoms with Crippen LogP contribution in [0.4, 0.5) is 4.79 Å². The Hall–Kier alpha value is -4.40. The van der Waals surface area contributed by atoms with Crippen LogP contribution in [-0.2, 0) is 14.3 Å². The first kappa shape index (κ1) is 30.6. The molecule has 1 saturated heterocycles. The number of rotatable bonds is 7. The molecular weight excluding hydrogens is 534 g/mol. The molecule has 0 radical (unpaired) electrons. The van der Waals surface area contributed by atoms with E-state index in [1.807, 2.05) is 72.8 Å². The standard InChI is InChI=1S/C33H39N3O6/c1-32(2,3)28(35-31(40)42-33(4,5)6)29(37)36-20-24(19-27(36)30(38)39)41-23-17-25(21-13-9-7-10-14-21)34-26(18-23)22-15-11-8-12-16-22/h7-18,24,27-28H,19-20H2,1-6H3,(H,35,40)(H,38,39)/t24-,27+,28?/m1/s1. The van der Waals surface area contributed by atoms with Gasteiger partial charge < -0.3 is 24.8 Å². The zero-order chi connectivity index (χ0) is 30.7. The zero-order valence-electron chi connectivity index (χ0n) is 25.0. The number of aliphatic carboxylic acids is 1. The Morgan fingerprint density at radius 2 is 1.43 bits per heavy atom. The Morgan fingerprint density at radius 1 is 0.905 bits per heavy atom. The summed E-state index contributed by atoms with van der Waals surface area (Å²) in [5.41, 5.74) is 1.77. The summed E-state index contributed by atoms with van der Waals surface area (Å²) in [6.07, 6.45) is -1.24. The summed E-state index contributed by atoms with van der Waals surface area (Å²) in [6, 6.07) is 21.0.